The molecule has 0 radical (unpaired) electrons. The molecular formula is C26H21Cl2N3O3S. The first-order chi connectivity index (χ1) is 17.0. The van der Waals surface area contributed by atoms with Crippen LogP contribution in [-0.4, -0.2) is 34.6 Å². The van der Waals surface area contributed by atoms with Crippen molar-refractivity contribution in [1.29, 1.82) is 0 Å². The molecule has 0 saturated carbocycles. The zero-order valence-corrected chi connectivity index (χ0v) is 21.1. The summed E-state index contributed by atoms with van der Waals surface area (Å²) >= 11 is 13.6. The van der Waals surface area contributed by atoms with Gasteiger partial charge in [-0.2, -0.15) is 0 Å². The average molecular weight is 526 g/mol. The van der Waals surface area contributed by atoms with Crippen LogP contribution in [0.1, 0.15) is 11.1 Å². The Bertz CT molecular complexity index is 1330. The van der Waals surface area contributed by atoms with Crippen LogP contribution in [0.2, 0.25) is 10.2 Å². The number of amidine groups is 1. The Labute approximate surface area is 217 Å². The second-order valence-corrected chi connectivity index (χ2v) is 9.09. The topological polar surface area (TPSA) is 64.0 Å². The molecule has 1 aliphatic heterocycles. The molecule has 4 rings (SSSR count). The van der Waals surface area contributed by atoms with Crippen LogP contribution < -0.4 is 9.47 Å². The second kappa shape index (κ2) is 11.4. The van der Waals surface area contributed by atoms with E-state index in [-0.39, 0.29) is 11.1 Å². The van der Waals surface area contributed by atoms with Crippen molar-refractivity contribution in [3.8, 4) is 11.5 Å². The minimum absolute atomic E-state index is 0.174. The first-order valence-corrected chi connectivity index (χ1v) is 12.1. The molecule has 1 aliphatic rings. The van der Waals surface area contributed by atoms with Crippen molar-refractivity contribution in [2.45, 2.75) is 6.61 Å². The van der Waals surface area contributed by atoms with Crippen LogP contribution in [0.5, 0.6) is 11.5 Å². The van der Waals surface area contributed by atoms with Crippen LogP contribution in [-0.2, 0) is 11.4 Å². The molecule has 1 saturated heterocycles. The lowest BCUT2D eigenvalue weighted by molar-refractivity contribution is -0.121. The number of thioether (sulfide) groups is 1. The van der Waals surface area contributed by atoms with Crippen LogP contribution in [0, 0.1) is 0 Å². The highest BCUT2D eigenvalue weighted by Gasteiger charge is 2.32. The number of hydrogen-bond donors (Lipinski definition) is 0. The van der Waals surface area contributed by atoms with Gasteiger partial charge in [-0.25, -0.2) is 9.98 Å². The molecule has 0 aliphatic carbocycles. The Morgan fingerprint density at radius 3 is 2.71 bits per heavy atom. The van der Waals surface area contributed by atoms with E-state index < -0.39 is 0 Å². The van der Waals surface area contributed by atoms with Crippen LogP contribution in [0.3, 0.4) is 0 Å². The molecule has 2 heterocycles. The van der Waals surface area contributed by atoms with E-state index in [1.165, 1.54) is 11.8 Å². The van der Waals surface area contributed by atoms with Crippen LogP contribution in [0.25, 0.3) is 6.08 Å². The standard InChI is InChI=1S/C26H21Cl2N3O3S/c1-3-13-31-25(32)23(35-26(31)30-20-9-6-12-29-24(20)28)15-17-10-11-21(22(14-17)33-2)34-16-18-7-4-5-8-19(18)27/h3-12,14-15H,1,13,16H2,2H3/b23-15-,30-26?. The molecule has 0 unspecified atom stereocenters. The number of amides is 1. The Morgan fingerprint density at radius 1 is 1.14 bits per heavy atom. The van der Waals surface area contributed by atoms with Crippen molar-refractivity contribution in [3.63, 3.8) is 0 Å². The van der Waals surface area contributed by atoms with E-state index in [2.05, 4.69) is 16.6 Å². The summed E-state index contributed by atoms with van der Waals surface area (Å²) in [4.78, 5) is 23.7. The maximum absolute atomic E-state index is 13.1. The Hall–Kier alpha value is -3.26. The van der Waals surface area contributed by atoms with E-state index in [0.29, 0.717) is 45.4 Å². The molecule has 1 aromatic heterocycles. The van der Waals surface area contributed by atoms with Gasteiger partial charge in [0.25, 0.3) is 5.91 Å². The molecule has 0 atom stereocenters. The van der Waals surface area contributed by atoms with Gasteiger partial charge in [0.2, 0.25) is 0 Å². The molecule has 6 nitrogen and oxygen atoms in total. The average Bonchev–Trinajstić information content (AvgIpc) is 3.14. The third-order valence-corrected chi connectivity index (χ3v) is 6.65. The zero-order valence-electron chi connectivity index (χ0n) is 18.8. The molecule has 0 N–H and O–H groups in total. The molecule has 0 spiro atoms. The Balaban J connectivity index is 1.58. The summed E-state index contributed by atoms with van der Waals surface area (Å²) in [5.74, 6) is 0.939. The number of ether oxygens (including phenoxy) is 2. The van der Waals surface area contributed by atoms with Crippen molar-refractivity contribution in [1.82, 2.24) is 9.88 Å². The number of hydrogen-bond acceptors (Lipinski definition) is 6. The summed E-state index contributed by atoms with van der Waals surface area (Å²) in [6.45, 7) is 4.37. The quantitative estimate of drug-likeness (QED) is 0.184. The highest BCUT2D eigenvalue weighted by atomic mass is 35.5. The van der Waals surface area contributed by atoms with E-state index in [0.717, 1.165) is 11.1 Å². The number of nitrogens with zero attached hydrogens (tertiary/aromatic N) is 3. The normalized spacial score (nSPS) is 15.6. The van der Waals surface area contributed by atoms with E-state index in [1.54, 1.807) is 48.6 Å². The maximum Gasteiger partial charge on any atom is 0.267 e. The fourth-order valence-corrected chi connectivity index (χ4v) is 4.61. The number of halogens is 2. The summed E-state index contributed by atoms with van der Waals surface area (Å²) in [5, 5.41) is 1.41. The van der Waals surface area contributed by atoms with Gasteiger partial charge in [-0.15, -0.1) is 6.58 Å². The van der Waals surface area contributed by atoms with Gasteiger partial charge in [-0.3, -0.25) is 9.69 Å². The number of aromatic nitrogens is 1. The first kappa shape index (κ1) is 24.9. The number of carbonyl (C=O) groups excluding carboxylic acids is 1. The molecule has 9 heteroatoms. The molecular weight excluding hydrogens is 505 g/mol. The van der Waals surface area contributed by atoms with Crippen molar-refractivity contribution in [2.75, 3.05) is 13.7 Å². The molecule has 0 bridgehead atoms. The van der Waals surface area contributed by atoms with E-state index in [9.17, 15) is 4.79 Å². The molecule has 35 heavy (non-hydrogen) atoms. The number of methoxy groups -OCH3 is 1. The highest BCUT2D eigenvalue weighted by Crippen LogP contribution is 2.37. The summed E-state index contributed by atoms with van der Waals surface area (Å²) in [5.41, 5.74) is 2.14. The van der Waals surface area contributed by atoms with Gasteiger partial charge in [-0.1, -0.05) is 53.5 Å². The van der Waals surface area contributed by atoms with Gasteiger partial charge in [0.05, 0.1) is 12.0 Å². The minimum atomic E-state index is -0.174. The van der Waals surface area contributed by atoms with Crippen LogP contribution in [0.4, 0.5) is 5.69 Å². The van der Waals surface area contributed by atoms with Gasteiger partial charge in [-0.05, 0) is 53.7 Å². The number of rotatable bonds is 8. The van der Waals surface area contributed by atoms with Crippen molar-refractivity contribution >= 4 is 57.8 Å². The zero-order chi connectivity index (χ0) is 24.8. The lowest BCUT2D eigenvalue weighted by Gasteiger charge is -2.13. The number of pyridine rings is 1. The van der Waals surface area contributed by atoms with E-state index >= 15 is 0 Å². The SMILES string of the molecule is C=CCN1C(=O)/C(=C/c2ccc(OCc3ccccc3Cl)c(OC)c2)SC1=Nc1cccnc1Cl. The highest BCUT2D eigenvalue weighted by molar-refractivity contribution is 8.18. The number of benzene rings is 2. The summed E-state index contributed by atoms with van der Waals surface area (Å²) in [7, 11) is 1.57. The summed E-state index contributed by atoms with van der Waals surface area (Å²) < 4.78 is 11.4. The molecule has 2 aromatic carbocycles. The predicted molar refractivity (Wildman–Crippen MR) is 143 cm³/mol. The van der Waals surface area contributed by atoms with Crippen molar-refractivity contribution < 1.29 is 14.3 Å². The van der Waals surface area contributed by atoms with Gasteiger partial charge < -0.3 is 9.47 Å². The number of aliphatic imine (C=N–C) groups is 1. The van der Waals surface area contributed by atoms with Gasteiger partial charge in [0, 0.05) is 23.3 Å². The van der Waals surface area contributed by atoms with Gasteiger partial charge >= 0.3 is 0 Å². The third-order valence-electron chi connectivity index (χ3n) is 4.98. The monoisotopic (exact) mass is 525 g/mol. The largest absolute Gasteiger partial charge is 0.493 e. The second-order valence-electron chi connectivity index (χ2n) is 7.31. The fourth-order valence-electron chi connectivity index (χ4n) is 3.26. The lowest BCUT2D eigenvalue weighted by Crippen LogP contribution is -2.29. The van der Waals surface area contributed by atoms with Crippen molar-refractivity contribution in [2.24, 2.45) is 4.99 Å². The molecule has 1 fully saturated rings. The van der Waals surface area contributed by atoms with E-state index in [4.69, 9.17) is 32.7 Å². The summed E-state index contributed by atoms with van der Waals surface area (Å²) in [6.07, 6.45) is 5.02. The fraction of sp³-hybridized carbons (Fsp3) is 0.115. The molecule has 1 amide bonds. The van der Waals surface area contributed by atoms with Crippen molar-refractivity contribution in [3.05, 3.63) is 99.7 Å². The Kier molecular flexibility index (Phi) is 8.13. The predicted octanol–water partition coefficient (Wildman–Crippen LogP) is 6.77. The maximum atomic E-state index is 13.1. The third kappa shape index (κ3) is 5.88. The van der Waals surface area contributed by atoms with Gasteiger partial charge in [0.15, 0.2) is 21.8 Å². The molecule has 178 valence electrons. The molecule has 3 aromatic rings. The smallest absolute Gasteiger partial charge is 0.267 e. The van der Waals surface area contributed by atoms with Gasteiger partial charge in [0.1, 0.15) is 12.3 Å². The van der Waals surface area contributed by atoms with Crippen LogP contribution in [0.15, 0.2) is 83.3 Å². The van der Waals surface area contributed by atoms with Crippen LogP contribution >= 0.6 is 35.0 Å². The summed E-state index contributed by atoms with van der Waals surface area (Å²) in [6, 6.07) is 16.5. The minimum Gasteiger partial charge on any atom is -0.493 e. The Morgan fingerprint density at radius 2 is 1.97 bits per heavy atom. The van der Waals surface area contributed by atoms with E-state index in [1.807, 2.05) is 36.4 Å². The lowest BCUT2D eigenvalue weighted by atomic mass is 10.1. The first-order valence-electron chi connectivity index (χ1n) is 10.6. The number of carbonyl (C=O) groups is 1.